The zero-order chi connectivity index (χ0) is 22.7. The number of aliphatic hydroxyl groups excluding tert-OH is 1. The second kappa shape index (κ2) is 9.47. The predicted molar refractivity (Wildman–Crippen MR) is 127 cm³/mol. The molecular formula is C27H34N2O3. The average Bonchev–Trinajstić information content (AvgIpc) is 2.84. The van der Waals surface area contributed by atoms with E-state index in [4.69, 9.17) is 4.74 Å². The lowest BCUT2D eigenvalue weighted by atomic mass is 9.56. The van der Waals surface area contributed by atoms with Crippen LogP contribution in [-0.4, -0.2) is 66.8 Å². The summed E-state index contributed by atoms with van der Waals surface area (Å²) >= 11 is 0. The summed E-state index contributed by atoms with van der Waals surface area (Å²) in [7, 11) is 3.56. The van der Waals surface area contributed by atoms with Crippen molar-refractivity contribution in [3.63, 3.8) is 0 Å². The lowest BCUT2D eigenvalue weighted by Crippen LogP contribution is -2.61. The van der Waals surface area contributed by atoms with E-state index in [1.54, 1.807) is 7.11 Å². The second-order valence-electron chi connectivity index (χ2n) is 9.24. The Morgan fingerprint density at radius 2 is 2.06 bits per heavy atom. The predicted octanol–water partition coefficient (Wildman–Crippen LogP) is 3.74. The average molecular weight is 435 g/mol. The Labute approximate surface area is 191 Å². The van der Waals surface area contributed by atoms with Crippen LogP contribution in [0, 0.1) is 5.92 Å². The molecule has 1 saturated heterocycles. The van der Waals surface area contributed by atoms with Gasteiger partial charge in [-0.2, -0.15) is 0 Å². The number of rotatable bonds is 6. The van der Waals surface area contributed by atoms with Crippen LogP contribution in [0.15, 0.2) is 67.3 Å². The van der Waals surface area contributed by atoms with Crippen molar-refractivity contribution < 1.29 is 14.6 Å². The topological polar surface area (TPSA) is 53.0 Å². The number of nitrogens with zero attached hydrogens (tertiary/aromatic N) is 2. The first-order chi connectivity index (χ1) is 15.5. The fourth-order valence-electron chi connectivity index (χ4n) is 5.78. The maximum absolute atomic E-state index is 13.2. The minimum absolute atomic E-state index is 0.00568. The lowest BCUT2D eigenvalue weighted by molar-refractivity contribution is -0.0591. The van der Waals surface area contributed by atoms with Gasteiger partial charge in [0.2, 0.25) is 0 Å². The number of hydrogen-bond donors (Lipinski definition) is 1. The van der Waals surface area contributed by atoms with Gasteiger partial charge in [0.05, 0.1) is 13.2 Å². The summed E-state index contributed by atoms with van der Waals surface area (Å²) in [6.07, 6.45) is 3.80. The highest BCUT2D eigenvalue weighted by molar-refractivity contribution is 5.94. The van der Waals surface area contributed by atoms with E-state index in [1.165, 1.54) is 5.56 Å². The smallest absolute Gasteiger partial charge is 0.253 e. The van der Waals surface area contributed by atoms with Crippen molar-refractivity contribution in [1.82, 2.24) is 9.80 Å². The molecule has 2 aromatic carbocycles. The molecule has 1 saturated carbocycles. The van der Waals surface area contributed by atoms with Gasteiger partial charge >= 0.3 is 0 Å². The molecule has 2 fully saturated rings. The highest BCUT2D eigenvalue weighted by Gasteiger charge is 2.52. The number of methoxy groups -OCH3 is 1. The van der Waals surface area contributed by atoms with Crippen molar-refractivity contribution in [2.24, 2.45) is 5.92 Å². The summed E-state index contributed by atoms with van der Waals surface area (Å²) in [5.74, 6) is 0.931. The molecule has 4 atom stereocenters. The van der Waals surface area contributed by atoms with E-state index in [9.17, 15) is 9.90 Å². The number of benzene rings is 2. The van der Waals surface area contributed by atoms with Crippen molar-refractivity contribution in [3.05, 3.63) is 78.4 Å². The number of piperidine rings is 1. The van der Waals surface area contributed by atoms with E-state index in [1.807, 2.05) is 60.5 Å². The molecule has 4 rings (SSSR count). The number of likely N-dealkylation sites (tertiary alicyclic amines) is 1. The van der Waals surface area contributed by atoms with E-state index in [0.29, 0.717) is 12.0 Å². The standard InChI is InChI=1S/C27H34N2O3/c1-4-14-29-15-13-27(21-11-8-12-23(16-21)32-3)18-22(17-25(30)24(27)19-29)28(2)26(31)20-9-6-5-7-10-20/h4-12,16,22,24-25,30H,1,13-15,17-19H2,2-3H3/t22-,24-,25?,27-/m0/s1. The van der Waals surface area contributed by atoms with Gasteiger partial charge in [-0.1, -0.05) is 36.4 Å². The molecule has 1 aliphatic carbocycles. The normalized spacial score (nSPS) is 27.9. The lowest BCUT2D eigenvalue weighted by Gasteiger charge is -2.56. The van der Waals surface area contributed by atoms with Crippen LogP contribution in [0.2, 0.25) is 0 Å². The first-order valence-electron chi connectivity index (χ1n) is 11.5. The van der Waals surface area contributed by atoms with E-state index in [0.717, 1.165) is 38.2 Å². The van der Waals surface area contributed by atoms with Crippen LogP contribution in [0.1, 0.15) is 35.2 Å². The van der Waals surface area contributed by atoms with Gasteiger partial charge in [-0.05, 0) is 55.6 Å². The van der Waals surface area contributed by atoms with Gasteiger partial charge in [-0.15, -0.1) is 6.58 Å². The maximum atomic E-state index is 13.2. The fraction of sp³-hybridized carbons (Fsp3) is 0.444. The number of carbonyl (C=O) groups excluding carboxylic acids is 1. The Bertz CT molecular complexity index is 947. The van der Waals surface area contributed by atoms with Crippen LogP contribution < -0.4 is 4.74 Å². The molecule has 5 heteroatoms. The van der Waals surface area contributed by atoms with Gasteiger partial charge in [0.15, 0.2) is 0 Å². The SMILES string of the molecule is C=CCN1CC[C@@]2(c3cccc(OC)c3)C[C@@H](N(C)C(=O)c3ccccc3)CC(O)[C@@H]2C1. The molecule has 1 N–H and O–H groups in total. The molecule has 0 aromatic heterocycles. The molecule has 0 bridgehead atoms. The number of hydrogen-bond acceptors (Lipinski definition) is 4. The first-order valence-corrected chi connectivity index (χ1v) is 11.5. The van der Waals surface area contributed by atoms with Gasteiger partial charge in [-0.25, -0.2) is 0 Å². The highest BCUT2D eigenvalue weighted by atomic mass is 16.5. The molecule has 1 amide bonds. The molecule has 0 spiro atoms. The molecule has 1 unspecified atom stereocenters. The Balaban J connectivity index is 1.68. The zero-order valence-electron chi connectivity index (χ0n) is 19.1. The van der Waals surface area contributed by atoms with Crippen molar-refractivity contribution in [2.45, 2.75) is 36.8 Å². The third-order valence-electron chi connectivity index (χ3n) is 7.54. The van der Waals surface area contributed by atoms with Crippen LogP contribution >= 0.6 is 0 Å². The van der Waals surface area contributed by atoms with Crippen LogP contribution in [0.25, 0.3) is 0 Å². The molecule has 2 aliphatic rings. The molecule has 2 aromatic rings. The maximum Gasteiger partial charge on any atom is 0.253 e. The summed E-state index contributed by atoms with van der Waals surface area (Å²) in [6.45, 7) is 6.49. The molecule has 1 aliphatic heterocycles. The van der Waals surface area contributed by atoms with E-state index >= 15 is 0 Å². The molecule has 0 radical (unpaired) electrons. The molecule has 170 valence electrons. The third-order valence-corrected chi connectivity index (χ3v) is 7.54. The van der Waals surface area contributed by atoms with Crippen LogP contribution in [-0.2, 0) is 5.41 Å². The third kappa shape index (κ3) is 4.19. The quantitative estimate of drug-likeness (QED) is 0.704. The van der Waals surface area contributed by atoms with Gasteiger partial charge < -0.3 is 14.7 Å². The van der Waals surface area contributed by atoms with Crippen molar-refractivity contribution >= 4 is 5.91 Å². The van der Waals surface area contributed by atoms with Crippen molar-refractivity contribution in [3.8, 4) is 5.75 Å². The minimum Gasteiger partial charge on any atom is -0.497 e. The van der Waals surface area contributed by atoms with Crippen LogP contribution in [0.3, 0.4) is 0 Å². The second-order valence-corrected chi connectivity index (χ2v) is 9.24. The molecule has 1 heterocycles. The van der Waals surface area contributed by atoms with Gasteiger partial charge in [0.1, 0.15) is 5.75 Å². The zero-order valence-corrected chi connectivity index (χ0v) is 19.1. The van der Waals surface area contributed by atoms with E-state index < -0.39 is 6.10 Å². The number of fused-ring (bicyclic) bond motifs is 1. The van der Waals surface area contributed by atoms with E-state index in [2.05, 4.69) is 23.6 Å². The Hall–Kier alpha value is -2.63. The Kier molecular flexibility index (Phi) is 6.68. The molecule has 5 nitrogen and oxygen atoms in total. The van der Waals surface area contributed by atoms with Gasteiger partial charge in [0.25, 0.3) is 5.91 Å². The summed E-state index contributed by atoms with van der Waals surface area (Å²) in [4.78, 5) is 17.4. The Morgan fingerprint density at radius 3 is 2.78 bits per heavy atom. The molecule has 32 heavy (non-hydrogen) atoms. The first kappa shape index (κ1) is 22.6. The van der Waals surface area contributed by atoms with Crippen molar-refractivity contribution in [2.75, 3.05) is 33.8 Å². The summed E-state index contributed by atoms with van der Waals surface area (Å²) in [5.41, 5.74) is 1.67. The highest BCUT2D eigenvalue weighted by Crippen LogP contribution is 2.50. The summed E-state index contributed by atoms with van der Waals surface area (Å²) in [5, 5.41) is 11.4. The van der Waals surface area contributed by atoms with Gasteiger partial charge in [0, 0.05) is 43.1 Å². The molecular weight excluding hydrogens is 400 g/mol. The largest absolute Gasteiger partial charge is 0.497 e. The fourth-order valence-corrected chi connectivity index (χ4v) is 5.78. The number of aliphatic hydroxyl groups is 1. The summed E-state index contributed by atoms with van der Waals surface area (Å²) < 4.78 is 5.53. The van der Waals surface area contributed by atoms with Crippen LogP contribution in [0.5, 0.6) is 5.75 Å². The number of ether oxygens (including phenoxy) is 1. The summed E-state index contributed by atoms with van der Waals surface area (Å²) in [6, 6.07) is 17.6. The van der Waals surface area contributed by atoms with E-state index in [-0.39, 0.29) is 23.3 Å². The monoisotopic (exact) mass is 434 g/mol. The Morgan fingerprint density at radius 1 is 1.28 bits per heavy atom. The van der Waals surface area contributed by atoms with Crippen LogP contribution in [0.4, 0.5) is 0 Å². The van der Waals surface area contributed by atoms with Gasteiger partial charge in [-0.3, -0.25) is 9.69 Å². The minimum atomic E-state index is -0.487. The number of carbonyl (C=O) groups is 1. The van der Waals surface area contributed by atoms with Crippen molar-refractivity contribution in [1.29, 1.82) is 0 Å². The number of amides is 1.